The molecule has 18 heavy (non-hydrogen) atoms. The van der Waals surface area contributed by atoms with Gasteiger partial charge in [0, 0.05) is 6.04 Å². The number of nitrogens with one attached hydrogen (secondary N) is 1. The third-order valence-corrected chi connectivity index (χ3v) is 2.65. The predicted molar refractivity (Wildman–Crippen MR) is 69.5 cm³/mol. The molecule has 0 unspecified atom stereocenters. The van der Waals surface area contributed by atoms with Gasteiger partial charge in [-0.2, -0.15) is 10.4 Å². The van der Waals surface area contributed by atoms with Gasteiger partial charge in [0.1, 0.15) is 11.6 Å². The van der Waals surface area contributed by atoms with Crippen molar-refractivity contribution in [2.75, 3.05) is 13.2 Å². The van der Waals surface area contributed by atoms with Crippen molar-refractivity contribution in [2.45, 2.75) is 40.2 Å². The summed E-state index contributed by atoms with van der Waals surface area (Å²) in [6, 6.07) is 2.59. The Hall–Kier alpha value is -1.67. The molecule has 98 valence electrons. The molecule has 0 fully saturated rings. The molecule has 0 aliphatic heterocycles. The highest BCUT2D eigenvalue weighted by Gasteiger charge is 2.11. The quantitative estimate of drug-likeness (QED) is 0.776. The van der Waals surface area contributed by atoms with E-state index in [1.165, 1.54) is 0 Å². The van der Waals surface area contributed by atoms with Crippen molar-refractivity contribution in [1.82, 2.24) is 15.5 Å². The van der Waals surface area contributed by atoms with Gasteiger partial charge in [0.2, 0.25) is 0 Å². The molecule has 1 heterocycles. The van der Waals surface area contributed by atoms with Crippen LogP contribution in [0.25, 0.3) is 0 Å². The Balaban J connectivity index is 2.53. The SMILES string of the molecule is Cc1nnc(OCCCNC(C)C)c(C#N)c1C. The second kappa shape index (κ2) is 6.92. The van der Waals surface area contributed by atoms with Crippen LogP contribution in [0.1, 0.15) is 37.1 Å². The van der Waals surface area contributed by atoms with Crippen LogP contribution < -0.4 is 10.1 Å². The fourth-order valence-corrected chi connectivity index (χ4v) is 1.45. The Bertz CT molecular complexity index is 437. The minimum Gasteiger partial charge on any atom is -0.476 e. The second-order valence-electron chi connectivity index (χ2n) is 4.51. The molecule has 0 bridgehead atoms. The minimum absolute atomic E-state index is 0.338. The lowest BCUT2D eigenvalue weighted by Crippen LogP contribution is -2.25. The normalized spacial score (nSPS) is 10.4. The Morgan fingerprint density at radius 1 is 1.33 bits per heavy atom. The average molecular weight is 248 g/mol. The summed E-state index contributed by atoms with van der Waals surface area (Å²) in [7, 11) is 0. The van der Waals surface area contributed by atoms with Crippen molar-refractivity contribution in [3.8, 4) is 11.9 Å². The van der Waals surface area contributed by atoms with Gasteiger partial charge in [-0.3, -0.25) is 0 Å². The molecule has 0 saturated heterocycles. The van der Waals surface area contributed by atoms with Crippen molar-refractivity contribution in [1.29, 1.82) is 5.26 Å². The van der Waals surface area contributed by atoms with Crippen LogP contribution in [-0.2, 0) is 0 Å². The summed E-state index contributed by atoms with van der Waals surface area (Å²) in [4.78, 5) is 0. The predicted octanol–water partition coefficient (Wildman–Crippen LogP) is 1.73. The molecule has 0 aliphatic rings. The van der Waals surface area contributed by atoms with Gasteiger partial charge in [-0.15, -0.1) is 5.10 Å². The Labute approximate surface area is 108 Å². The van der Waals surface area contributed by atoms with E-state index >= 15 is 0 Å². The summed E-state index contributed by atoms with van der Waals surface area (Å²) in [6.07, 6.45) is 0.873. The van der Waals surface area contributed by atoms with Crippen molar-refractivity contribution >= 4 is 0 Å². The van der Waals surface area contributed by atoms with Gasteiger partial charge >= 0.3 is 0 Å². The number of hydrogen-bond acceptors (Lipinski definition) is 5. The number of aromatic nitrogens is 2. The highest BCUT2D eigenvalue weighted by Crippen LogP contribution is 2.19. The molecule has 1 N–H and O–H groups in total. The number of ether oxygens (including phenoxy) is 1. The zero-order valence-corrected chi connectivity index (χ0v) is 11.4. The van der Waals surface area contributed by atoms with Crippen molar-refractivity contribution in [2.24, 2.45) is 0 Å². The van der Waals surface area contributed by atoms with Crippen molar-refractivity contribution < 1.29 is 4.74 Å². The third-order valence-electron chi connectivity index (χ3n) is 2.65. The van der Waals surface area contributed by atoms with E-state index in [-0.39, 0.29) is 0 Å². The largest absolute Gasteiger partial charge is 0.476 e. The summed E-state index contributed by atoms with van der Waals surface area (Å²) < 4.78 is 5.51. The number of nitriles is 1. The molecule has 5 heteroatoms. The lowest BCUT2D eigenvalue weighted by atomic mass is 10.1. The fourth-order valence-electron chi connectivity index (χ4n) is 1.45. The molecule has 0 aromatic carbocycles. The maximum atomic E-state index is 9.09. The Morgan fingerprint density at radius 2 is 2.06 bits per heavy atom. The summed E-state index contributed by atoms with van der Waals surface area (Å²) in [5, 5.41) is 20.3. The summed E-state index contributed by atoms with van der Waals surface area (Å²) in [5.41, 5.74) is 2.09. The topological polar surface area (TPSA) is 70.8 Å². The van der Waals surface area contributed by atoms with Gasteiger partial charge in [0.15, 0.2) is 0 Å². The van der Waals surface area contributed by atoms with E-state index in [0.717, 1.165) is 24.2 Å². The molecule has 0 spiro atoms. The molecule has 0 saturated carbocycles. The third kappa shape index (κ3) is 3.97. The molecule has 1 rings (SSSR count). The molecule has 0 aliphatic carbocycles. The van der Waals surface area contributed by atoms with Crippen molar-refractivity contribution in [3.63, 3.8) is 0 Å². The average Bonchev–Trinajstić information content (AvgIpc) is 2.33. The van der Waals surface area contributed by atoms with Gasteiger partial charge in [0.05, 0.1) is 12.3 Å². The van der Waals surface area contributed by atoms with E-state index < -0.39 is 0 Å². The molecule has 0 amide bonds. The van der Waals surface area contributed by atoms with E-state index in [0.29, 0.717) is 24.1 Å². The molecule has 5 nitrogen and oxygen atoms in total. The maximum absolute atomic E-state index is 9.09. The van der Waals surface area contributed by atoms with Crippen molar-refractivity contribution in [3.05, 3.63) is 16.8 Å². The first-order valence-electron chi connectivity index (χ1n) is 6.16. The first-order valence-corrected chi connectivity index (χ1v) is 6.16. The standard InChI is InChI=1S/C13H20N4O/c1-9(2)15-6-5-7-18-13-12(8-14)10(3)11(4)16-17-13/h9,15H,5-7H2,1-4H3. The van der Waals surface area contributed by atoms with Gasteiger partial charge in [-0.05, 0) is 32.4 Å². The van der Waals surface area contributed by atoms with Gasteiger partial charge < -0.3 is 10.1 Å². The van der Waals surface area contributed by atoms with E-state index in [9.17, 15) is 0 Å². The smallest absolute Gasteiger partial charge is 0.251 e. The van der Waals surface area contributed by atoms with Gasteiger partial charge in [-0.25, -0.2) is 0 Å². The van der Waals surface area contributed by atoms with Crippen LogP contribution in [0.2, 0.25) is 0 Å². The van der Waals surface area contributed by atoms with Crippen LogP contribution in [0.15, 0.2) is 0 Å². The Morgan fingerprint density at radius 3 is 2.67 bits per heavy atom. The van der Waals surface area contributed by atoms with Crippen LogP contribution in [0.3, 0.4) is 0 Å². The number of aryl methyl sites for hydroxylation is 1. The van der Waals surface area contributed by atoms with Crippen LogP contribution in [-0.4, -0.2) is 29.4 Å². The van der Waals surface area contributed by atoms with Crippen LogP contribution >= 0.6 is 0 Å². The van der Waals surface area contributed by atoms with E-state index in [1.54, 1.807) is 0 Å². The maximum Gasteiger partial charge on any atom is 0.251 e. The monoisotopic (exact) mass is 248 g/mol. The molecule has 0 radical (unpaired) electrons. The minimum atomic E-state index is 0.338. The van der Waals surface area contributed by atoms with E-state index in [2.05, 4.69) is 35.4 Å². The first kappa shape index (κ1) is 14.4. The van der Waals surface area contributed by atoms with Gasteiger partial charge in [-0.1, -0.05) is 13.8 Å². The molecule has 1 aromatic heterocycles. The number of hydrogen-bond donors (Lipinski definition) is 1. The van der Waals surface area contributed by atoms with Crippen LogP contribution in [0, 0.1) is 25.2 Å². The number of nitrogens with zero attached hydrogens (tertiary/aromatic N) is 3. The summed E-state index contributed by atoms with van der Waals surface area (Å²) >= 11 is 0. The highest BCUT2D eigenvalue weighted by molar-refractivity contribution is 5.44. The molecular weight excluding hydrogens is 228 g/mol. The Kier molecular flexibility index (Phi) is 5.53. The lowest BCUT2D eigenvalue weighted by molar-refractivity contribution is 0.290. The second-order valence-corrected chi connectivity index (χ2v) is 4.51. The summed E-state index contributed by atoms with van der Waals surface area (Å²) in [6.45, 7) is 9.31. The molecule has 0 atom stereocenters. The van der Waals surface area contributed by atoms with Crippen LogP contribution in [0.4, 0.5) is 0 Å². The lowest BCUT2D eigenvalue weighted by Gasteiger charge is -2.10. The number of rotatable bonds is 6. The zero-order valence-electron chi connectivity index (χ0n) is 11.4. The van der Waals surface area contributed by atoms with E-state index in [4.69, 9.17) is 10.00 Å². The summed E-state index contributed by atoms with van der Waals surface area (Å²) in [5.74, 6) is 0.338. The van der Waals surface area contributed by atoms with Crippen LogP contribution in [0.5, 0.6) is 5.88 Å². The fraction of sp³-hybridized carbons (Fsp3) is 0.615. The highest BCUT2D eigenvalue weighted by atomic mass is 16.5. The molecular formula is C13H20N4O. The van der Waals surface area contributed by atoms with E-state index in [1.807, 2.05) is 13.8 Å². The van der Waals surface area contributed by atoms with Gasteiger partial charge in [0.25, 0.3) is 5.88 Å². The first-order chi connectivity index (χ1) is 8.56. The zero-order chi connectivity index (χ0) is 13.5. The molecule has 1 aromatic rings.